The number of carbonyl (C=O) groups excluding carboxylic acids is 4. The van der Waals surface area contributed by atoms with E-state index in [4.69, 9.17) is 0 Å². The first kappa shape index (κ1) is 57.3. The Bertz CT molecular complexity index is 4020. The van der Waals surface area contributed by atoms with Gasteiger partial charge < -0.3 is 0 Å². The zero-order chi connectivity index (χ0) is 57.9. The van der Waals surface area contributed by atoms with E-state index in [9.17, 15) is 19.2 Å². The van der Waals surface area contributed by atoms with E-state index in [-0.39, 0.29) is 68.8 Å². The molecule has 8 heteroatoms. The van der Waals surface area contributed by atoms with Gasteiger partial charge in [-0.15, -0.1) is 45.3 Å². The maximum absolute atomic E-state index is 14.4. The number of ketones is 4. The summed E-state index contributed by atoms with van der Waals surface area (Å²) in [4.78, 5) is 57.2. The molecule has 0 aliphatic heterocycles. The van der Waals surface area contributed by atoms with Gasteiger partial charge in [0.25, 0.3) is 0 Å². The second-order valence-electron chi connectivity index (χ2n) is 26.2. The first-order valence-electron chi connectivity index (χ1n) is 28.6. The second kappa shape index (κ2) is 21.1. The van der Waals surface area contributed by atoms with Gasteiger partial charge >= 0.3 is 0 Å². The maximum Gasteiger partial charge on any atom is 0.199 e. The Hall–Kier alpha value is -5.90. The number of thiophene rings is 4. The molecule has 2 aliphatic rings. The molecule has 8 aromatic rings. The highest BCUT2D eigenvalue weighted by atomic mass is 32.1. The van der Waals surface area contributed by atoms with Gasteiger partial charge in [-0.2, -0.15) is 0 Å². The Balaban J connectivity index is 1.38. The molecule has 0 saturated carbocycles. The highest BCUT2D eigenvalue weighted by Crippen LogP contribution is 2.46. The average Bonchev–Trinajstić information content (AvgIpc) is 4.39. The van der Waals surface area contributed by atoms with Gasteiger partial charge in [0.2, 0.25) is 0 Å². The van der Waals surface area contributed by atoms with E-state index < -0.39 is 0 Å². The van der Waals surface area contributed by atoms with Crippen molar-refractivity contribution in [3.63, 3.8) is 0 Å². The van der Waals surface area contributed by atoms with Gasteiger partial charge in [0.05, 0.1) is 20.2 Å². The summed E-state index contributed by atoms with van der Waals surface area (Å²) in [5.41, 5.74) is 16.9. The predicted molar refractivity (Wildman–Crippen MR) is 339 cm³/mol. The van der Waals surface area contributed by atoms with Crippen molar-refractivity contribution in [2.45, 2.75) is 171 Å². The van der Waals surface area contributed by atoms with Crippen molar-refractivity contribution in [3.05, 3.63) is 200 Å². The molecule has 4 nitrogen and oxygen atoms in total. The molecule has 0 amide bonds. The lowest BCUT2D eigenvalue weighted by Gasteiger charge is -2.23. The summed E-state index contributed by atoms with van der Waals surface area (Å²) in [6.45, 7) is 40.3. The molecule has 0 saturated heterocycles. The third kappa shape index (κ3) is 10.1. The number of fused-ring (bicyclic) bond motifs is 2. The van der Waals surface area contributed by atoms with Crippen LogP contribution in [0, 0.1) is 27.2 Å². The largest absolute Gasteiger partial charge is 0.288 e. The van der Waals surface area contributed by atoms with Crippen LogP contribution < -0.4 is 9.06 Å². The minimum atomic E-state index is -0.211. The van der Waals surface area contributed by atoms with Crippen LogP contribution in [-0.4, -0.2) is 23.1 Å². The van der Waals surface area contributed by atoms with Crippen LogP contribution in [-0.2, 0) is 10.8 Å². The molecule has 4 heterocycles. The predicted octanol–water partition coefficient (Wildman–Crippen LogP) is 18.9. The fraction of sp³-hybridized carbons (Fsp3) is 0.361. The number of hydrogen-bond acceptors (Lipinski definition) is 8. The average molecular weight is 1130 g/mol. The summed E-state index contributed by atoms with van der Waals surface area (Å²) in [6.07, 6.45) is 0. The molecule has 0 unspecified atom stereocenters. The molecule has 4 aromatic carbocycles. The van der Waals surface area contributed by atoms with E-state index in [0.717, 1.165) is 29.3 Å². The van der Waals surface area contributed by atoms with Crippen molar-refractivity contribution in [2.24, 2.45) is 0 Å². The van der Waals surface area contributed by atoms with Crippen LogP contribution in [0.1, 0.15) is 246 Å². The Labute approximate surface area is 488 Å². The van der Waals surface area contributed by atoms with Crippen LogP contribution >= 0.6 is 45.3 Å². The number of benzene rings is 4. The van der Waals surface area contributed by atoms with Gasteiger partial charge in [-0.05, 0) is 163 Å². The van der Waals surface area contributed by atoms with E-state index in [1.807, 2.05) is 48.5 Å². The van der Waals surface area contributed by atoms with Crippen LogP contribution in [0.4, 0.5) is 0 Å². The van der Waals surface area contributed by atoms with E-state index in [0.29, 0.717) is 43.2 Å². The van der Waals surface area contributed by atoms with Crippen molar-refractivity contribution in [2.75, 3.05) is 0 Å². The Morgan fingerprint density at radius 1 is 0.300 bits per heavy atom. The minimum Gasteiger partial charge on any atom is -0.288 e. The molecule has 0 radical (unpaired) electrons. The lowest BCUT2D eigenvalue weighted by molar-refractivity contribution is 0.101. The lowest BCUT2D eigenvalue weighted by atomic mass is 9.81. The molecule has 80 heavy (non-hydrogen) atoms. The van der Waals surface area contributed by atoms with Crippen molar-refractivity contribution in [1.82, 2.24) is 0 Å². The molecule has 4 aromatic heterocycles. The summed E-state index contributed by atoms with van der Waals surface area (Å²) in [5.74, 6) is 0.731. The number of rotatable bonds is 8. The summed E-state index contributed by atoms with van der Waals surface area (Å²) >= 11 is 6.62. The standard InChI is InChI=1S/C72H76O4S4/c1-35(2)41-27-47(37(5)6)61(48(28-41)38(7)8)53-33-59(55-23-25-57(77-55)63-65(73)45-21-19-43(71(13,14)15)31-51(45)67(63)75)79-69(53)70-54(62-49(39(9)10)29-42(36(3)4)30-50(62)40(11)12)34-60(80-70)56-24-26-58(78-56)64-66(74)46-22-20-44(72(16,17)18)32-52(46)68(64)76/h19-40H,1-18H3/b59-55+,60-56+,63-57+,64-58+,70-69+. The number of hydrogen-bond donors (Lipinski definition) is 0. The molecule has 0 bridgehead atoms. The van der Waals surface area contributed by atoms with Gasteiger partial charge in [-0.25, -0.2) is 0 Å². The Morgan fingerprint density at radius 3 is 0.887 bits per heavy atom. The SMILES string of the molecule is CC(C)c1cc(C(C)C)c(-c2c/c(=c3/cc/c(=C4/C(=O)c5ccc(C(C)(C)C)cc5C4=O)s3)s/c2=c2/s/c(=c3\cc/c(=C4/C(=O)c5ccc(C(C)(C)C)cc5C4=O)s3)cc2-c2c(C(C)C)cc(C(C)C)cc2C(C)C)c(C(C)C)c1. The lowest BCUT2D eigenvalue weighted by Crippen LogP contribution is -2.12. The van der Waals surface area contributed by atoms with Crippen LogP contribution in [0.3, 0.4) is 0 Å². The third-order valence-electron chi connectivity index (χ3n) is 16.3. The second-order valence-corrected chi connectivity index (χ2v) is 30.5. The molecule has 0 atom stereocenters. The molecular weight excluding hydrogens is 1060 g/mol. The zero-order valence-electron chi connectivity index (χ0n) is 50.0. The highest BCUT2D eigenvalue weighted by molar-refractivity contribution is 7.14. The third-order valence-corrected chi connectivity index (χ3v) is 21.4. The quantitative estimate of drug-likeness (QED) is 0.152. The molecular formula is C72H76O4S4. The van der Waals surface area contributed by atoms with Gasteiger partial charge in [0.15, 0.2) is 23.1 Å². The molecule has 0 fully saturated rings. The van der Waals surface area contributed by atoms with Gasteiger partial charge in [0.1, 0.15) is 0 Å². The Kier molecular flexibility index (Phi) is 15.1. The monoisotopic (exact) mass is 1130 g/mol. The van der Waals surface area contributed by atoms with Crippen molar-refractivity contribution < 1.29 is 19.2 Å². The first-order valence-corrected chi connectivity index (χ1v) is 31.9. The molecule has 412 valence electrons. The molecule has 0 N–H and O–H groups in total. The number of Topliss-reactive ketones (excluding diaryl/α,β-unsaturated/α-hetero) is 4. The van der Waals surface area contributed by atoms with Crippen LogP contribution in [0.2, 0.25) is 0 Å². The van der Waals surface area contributed by atoms with Crippen molar-refractivity contribution in [3.8, 4) is 22.3 Å². The van der Waals surface area contributed by atoms with E-state index in [1.165, 1.54) is 87.4 Å². The van der Waals surface area contributed by atoms with E-state index in [2.05, 4.69) is 173 Å². The van der Waals surface area contributed by atoms with E-state index >= 15 is 0 Å². The Morgan fingerprint density at radius 2 is 0.600 bits per heavy atom. The van der Waals surface area contributed by atoms with Gasteiger partial charge in [0, 0.05) is 60.6 Å². The summed E-state index contributed by atoms with van der Waals surface area (Å²) in [5, 5.41) is 0. The van der Waals surface area contributed by atoms with Crippen LogP contribution in [0.25, 0.3) is 33.4 Å². The summed E-state index contributed by atoms with van der Waals surface area (Å²) in [6, 6.07) is 34.2. The van der Waals surface area contributed by atoms with Gasteiger partial charge in [-0.1, -0.05) is 161 Å². The normalized spacial score (nSPS) is 16.8. The summed E-state index contributed by atoms with van der Waals surface area (Å²) in [7, 11) is 0. The topological polar surface area (TPSA) is 68.3 Å². The zero-order valence-corrected chi connectivity index (χ0v) is 53.2. The van der Waals surface area contributed by atoms with Gasteiger partial charge in [-0.3, -0.25) is 19.2 Å². The smallest absolute Gasteiger partial charge is 0.199 e. The molecule has 10 rings (SSSR count). The molecule has 2 aliphatic carbocycles. The summed E-state index contributed by atoms with van der Waals surface area (Å²) < 4.78 is 7.84. The first-order chi connectivity index (χ1) is 37.5. The van der Waals surface area contributed by atoms with Crippen molar-refractivity contribution >= 4 is 79.6 Å². The fourth-order valence-electron chi connectivity index (χ4n) is 11.5. The minimum absolute atomic E-state index is 0.175. The maximum atomic E-state index is 14.4. The highest BCUT2D eigenvalue weighted by Gasteiger charge is 2.37. The van der Waals surface area contributed by atoms with E-state index in [1.54, 1.807) is 22.7 Å². The fourth-order valence-corrected chi connectivity index (χ4v) is 16.2. The molecule has 0 spiro atoms. The number of carbonyl (C=O) groups is 4. The van der Waals surface area contributed by atoms with Crippen LogP contribution in [0.5, 0.6) is 0 Å². The van der Waals surface area contributed by atoms with Crippen molar-refractivity contribution in [1.29, 1.82) is 0 Å². The van der Waals surface area contributed by atoms with Crippen LogP contribution in [0.15, 0.2) is 97.1 Å².